The Morgan fingerprint density at radius 1 is 0.429 bits per heavy atom. The van der Waals surface area contributed by atoms with Crippen LogP contribution in [0.3, 0.4) is 0 Å². The predicted molar refractivity (Wildman–Crippen MR) is 203 cm³/mol. The minimum Gasteiger partial charge on any atom is -0.456 e. The average molecular weight is 635 g/mol. The van der Waals surface area contributed by atoms with Gasteiger partial charge in [-0.1, -0.05) is 87.5 Å². The summed E-state index contributed by atoms with van der Waals surface area (Å²) in [5.74, 6) is 0. The molecule has 3 heteroatoms. The molecule has 9 aromatic rings. The summed E-state index contributed by atoms with van der Waals surface area (Å²) in [6, 6.07) is 46.4. The molecule has 0 aliphatic carbocycles. The van der Waals surface area contributed by atoms with Gasteiger partial charge in [0.25, 0.3) is 11.4 Å². The molecule has 6 aromatic carbocycles. The number of pyridine rings is 2. The van der Waals surface area contributed by atoms with E-state index in [4.69, 9.17) is 4.42 Å². The fourth-order valence-electron chi connectivity index (χ4n) is 7.67. The second kappa shape index (κ2) is 10.9. The Labute approximate surface area is 286 Å². The smallest absolute Gasteiger partial charge is 0.284 e. The van der Waals surface area contributed by atoms with Crippen LogP contribution in [0, 0.1) is 13.8 Å². The summed E-state index contributed by atoms with van der Waals surface area (Å²) >= 11 is 0. The Bertz CT molecular complexity index is 2780. The highest BCUT2D eigenvalue weighted by Gasteiger charge is 2.31. The molecular weight excluding hydrogens is 597 g/mol. The molecule has 0 radical (unpaired) electrons. The first-order valence-corrected chi connectivity index (χ1v) is 17.1. The molecule has 0 saturated carbocycles. The topological polar surface area (TPSA) is 20.9 Å². The lowest BCUT2D eigenvalue weighted by molar-refractivity contribution is -1.29. The predicted octanol–water partition coefficient (Wildman–Crippen LogP) is 11.2. The summed E-state index contributed by atoms with van der Waals surface area (Å²) in [6.45, 7) is 11.3. The second-order valence-electron chi connectivity index (χ2n) is 14.4. The molecule has 236 valence electrons. The fourth-order valence-corrected chi connectivity index (χ4v) is 7.67. The third-order valence-corrected chi connectivity index (χ3v) is 10.2. The van der Waals surface area contributed by atoms with E-state index in [1.165, 1.54) is 60.1 Å². The number of nitrogens with zero attached hydrogens (tertiary/aromatic N) is 2. The third kappa shape index (κ3) is 4.64. The Balaban J connectivity index is 1.32. The molecule has 3 nitrogen and oxygen atoms in total. The second-order valence-corrected chi connectivity index (χ2v) is 14.4. The SMILES string of the molecule is Cc1cc2oc3ccccc3c2cc1-c1cc(C(C)(C)C)cc[n+]1-[n+]1ccccc1-c1cc2c3ccccc3c3ccccc3c2cc1C. The van der Waals surface area contributed by atoms with Crippen LogP contribution in [0.5, 0.6) is 0 Å². The first-order valence-electron chi connectivity index (χ1n) is 17.1. The van der Waals surface area contributed by atoms with Crippen LogP contribution in [-0.2, 0) is 5.41 Å². The van der Waals surface area contributed by atoms with Crippen molar-refractivity contribution in [3.05, 3.63) is 156 Å². The van der Waals surface area contributed by atoms with Crippen LogP contribution in [0.15, 0.2) is 144 Å². The number of hydrogen-bond donors (Lipinski definition) is 0. The molecule has 0 aliphatic heterocycles. The first-order chi connectivity index (χ1) is 23.8. The maximum atomic E-state index is 6.29. The Morgan fingerprint density at radius 2 is 0.959 bits per heavy atom. The zero-order valence-corrected chi connectivity index (χ0v) is 28.6. The molecule has 0 aliphatic rings. The number of fused-ring (bicyclic) bond motifs is 9. The maximum absolute atomic E-state index is 6.29. The van der Waals surface area contributed by atoms with E-state index in [1.807, 2.05) is 6.07 Å². The molecule has 0 fully saturated rings. The quantitative estimate of drug-likeness (QED) is 0.140. The van der Waals surface area contributed by atoms with Crippen molar-refractivity contribution in [1.82, 2.24) is 0 Å². The van der Waals surface area contributed by atoms with Gasteiger partial charge in [-0.3, -0.25) is 0 Å². The Kier molecular flexibility index (Phi) is 6.51. The normalized spacial score (nSPS) is 12.2. The molecule has 0 saturated heterocycles. The zero-order valence-electron chi connectivity index (χ0n) is 28.6. The van der Waals surface area contributed by atoms with Gasteiger partial charge in [0.05, 0.1) is 20.5 Å². The summed E-state index contributed by atoms with van der Waals surface area (Å²) in [6.07, 6.45) is 4.41. The Morgan fingerprint density at radius 3 is 1.65 bits per heavy atom. The van der Waals surface area contributed by atoms with E-state index in [1.54, 1.807) is 0 Å². The fraction of sp³-hybridized carbons (Fsp3) is 0.130. The van der Waals surface area contributed by atoms with Crippen LogP contribution in [0.2, 0.25) is 0 Å². The van der Waals surface area contributed by atoms with E-state index in [0.29, 0.717) is 0 Å². The van der Waals surface area contributed by atoms with Crippen molar-refractivity contribution in [2.24, 2.45) is 0 Å². The molecule has 3 aromatic heterocycles. The number of hydrogen-bond acceptors (Lipinski definition) is 1. The van der Waals surface area contributed by atoms with E-state index in [2.05, 4.69) is 178 Å². The van der Waals surface area contributed by atoms with Crippen molar-refractivity contribution >= 4 is 54.3 Å². The van der Waals surface area contributed by atoms with Crippen LogP contribution in [0.25, 0.3) is 76.8 Å². The van der Waals surface area contributed by atoms with Crippen LogP contribution in [0.1, 0.15) is 37.5 Å². The minimum atomic E-state index is -0.0167. The number of aryl methyl sites for hydroxylation is 2. The van der Waals surface area contributed by atoms with Gasteiger partial charge in [0, 0.05) is 35.0 Å². The molecule has 0 N–H and O–H groups in total. The van der Waals surface area contributed by atoms with Gasteiger partial charge in [-0.25, -0.2) is 0 Å². The van der Waals surface area contributed by atoms with E-state index in [-0.39, 0.29) is 5.41 Å². The molecule has 3 heterocycles. The van der Waals surface area contributed by atoms with Crippen LogP contribution in [-0.4, -0.2) is 0 Å². The van der Waals surface area contributed by atoms with Gasteiger partial charge in [0.15, 0.2) is 0 Å². The van der Waals surface area contributed by atoms with Crippen LogP contribution in [0.4, 0.5) is 0 Å². The van der Waals surface area contributed by atoms with E-state index in [0.717, 1.165) is 33.3 Å². The molecule has 49 heavy (non-hydrogen) atoms. The van der Waals surface area contributed by atoms with Gasteiger partial charge in [-0.05, 0) is 105 Å². The zero-order chi connectivity index (χ0) is 33.4. The number of benzene rings is 6. The largest absolute Gasteiger partial charge is 0.456 e. The van der Waals surface area contributed by atoms with Gasteiger partial charge in [0.2, 0.25) is 12.4 Å². The van der Waals surface area contributed by atoms with Crippen molar-refractivity contribution in [2.45, 2.75) is 40.0 Å². The van der Waals surface area contributed by atoms with Crippen LogP contribution >= 0.6 is 0 Å². The van der Waals surface area contributed by atoms with Gasteiger partial charge < -0.3 is 4.42 Å². The molecular formula is C46H38N2O+2. The maximum Gasteiger partial charge on any atom is 0.284 e. The third-order valence-electron chi connectivity index (χ3n) is 10.2. The summed E-state index contributed by atoms with van der Waals surface area (Å²) < 4.78 is 10.9. The molecule has 0 atom stereocenters. The molecule has 9 rings (SSSR count). The minimum absolute atomic E-state index is 0.0167. The van der Waals surface area contributed by atoms with Crippen molar-refractivity contribution < 1.29 is 13.8 Å². The van der Waals surface area contributed by atoms with Gasteiger partial charge >= 0.3 is 0 Å². The summed E-state index contributed by atoms with van der Waals surface area (Å²) in [4.78, 5) is 0. The van der Waals surface area contributed by atoms with E-state index in [9.17, 15) is 0 Å². The van der Waals surface area contributed by atoms with Gasteiger partial charge in [-0.15, -0.1) is 0 Å². The lowest BCUT2D eigenvalue weighted by Crippen LogP contribution is -2.68. The lowest BCUT2D eigenvalue weighted by Gasteiger charge is -2.18. The first kappa shape index (κ1) is 29.3. The van der Waals surface area contributed by atoms with Crippen molar-refractivity contribution in [2.75, 3.05) is 0 Å². The van der Waals surface area contributed by atoms with Gasteiger partial charge in [-0.2, -0.15) is 0 Å². The van der Waals surface area contributed by atoms with Crippen molar-refractivity contribution in [3.63, 3.8) is 0 Å². The van der Waals surface area contributed by atoms with E-state index < -0.39 is 0 Å². The highest BCUT2D eigenvalue weighted by molar-refractivity contribution is 6.25. The van der Waals surface area contributed by atoms with Crippen molar-refractivity contribution in [3.8, 4) is 22.5 Å². The highest BCUT2D eigenvalue weighted by atomic mass is 16.3. The van der Waals surface area contributed by atoms with Crippen LogP contribution < -0.4 is 9.35 Å². The molecule has 0 unspecified atom stereocenters. The lowest BCUT2D eigenvalue weighted by atomic mass is 9.86. The number of para-hydroxylation sites is 1. The highest BCUT2D eigenvalue weighted by Crippen LogP contribution is 2.39. The summed E-state index contributed by atoms with van der Waals surface area (Å²) in [5, 5.41) is 9.98. The average Bonchev–Trinajstić information content (AvgIpc) is 3.47. The standard InChI is InChI=1S/C46H38N2O/c1-29-24-39-34-16-8-6-14-32(34)33-15-7-9-17-35(33)40(39)27-37(29)42-19-12-13-22-47(42)48-23-21-31(46(3,4)5)26-43(48)38-28-41-36-18-10-11-20-44(36)49-45(41)25-30(38)2/h6-28H,1-5H3/q+2. The summed E-state index contributed by atoms with van der Waals surface area (Å²) in [7, 11) is 0. The Hall–Kier alpha value is -5.80. The molecule has 0 bridgehead atoms. The number of furan rings is 1. The number of rotatable bonds is 3. The molecule has 0 spiro atoms. The van der Waals surface area contributed by atoms with Crippen molar-refractivity contribution in [1.29, 1.82) is 0 Å². The van der Waals surface area contributed by atoms with Gasteiger partial charge in [0.1, 0.15) is 11.2 Å². The number of aromatic nitrogens is 2. The monoisotopic (exact) mass is 634 g/mol. The van der Waals surface area contributed by atoms with E-state index >= 15 is 0 Å². The summed E-state index contributed by atoms with van der Waals surface area (Å²) in [5.41, 5.74) is 10.2. The molecule has 0 amide bonds.